The summed E-state index contributed by atoms with van der Waals surface area (Å²) in [5.41, 5.74) is 6.92. The molecule has 1 fully saturated rings. The summed E-state index contributed by atoms with van der Waals surface area (Å²) in [7, 11) is 0. The maximum atomic E-state index is 11.2. The molecule has 0 saturated carbocycles. The molecule has 3 rings (SSSR count). The molecule has 2 heterocycles. The van der Waals surface area contributed by atoms with Crippen LogP contribution in [0.4, 0.5) is 11.4 Å². The van der Waals surface area contributed by atoms with Crippen LogP contribution in [0.2, 0.25) is 0 Å². The van der Waals surface area contributed by atoms with Gasteiger partial charge in [-0.3, -0.25) is 0 Å². The van der Waals surface area contributed by atoms with Crippen molar-refractivity contribution in [2.24, 2.45) is 0 Å². The van der Waals surface area contributed by atoms with E-state index in [1.807, 2.05) is 6.07 Å². The number of ether oxygens (including phenoxy) is 1. The zero-order valence-electron chi connectivity index (χ0n) is 9.35. The zero-order chi connectivity index (χ0) is 12.0. The highest BCUT2D eigenvalue weighted by Gasteiger charge is 2.34. The van der Waals surface area contributed by atoms with Crippen molar-refractivity contribution in [3.8, 4) is 5.75 Å². The molecule has 5 nitrogen and oxygen atoms in total. The van der Waals surface area contributed by atoms with Gasteiger partial charge >= 0.3 is 5.97 Å². The second-order valence-corrected chi connectivity index (χ2v) is 4.48. The number of carbonyl (C=O) groups is 1. The van der Waals surface area contributed by atoms with Crippen molar-refractivity contribution in [2.45, 2.75) is 18.9 Å². The Kier molecular flexibility index (Phi) is 2.14. The van der Waals surface area contributed by atoms with Gasteiger partial charge in [-0.2, -0.15) is 0 Å². The first-order chi connectivity index (χ1) is 8.18. The van der Waals surface area contributed by atoms with Crippen LogP contribution in [0.3, 0.4) is 0 Å². The van der Waals surface area contributed by atoms with Crippen molar-refractivity contribution in [2.75, 3.05) is 23.8 Å². The Bertz CT molecular complexity index is 487. The molecule has 2 aliphatic heterocycles. The van der Waals surface area contributed by atoms with E-state index in [1.54, 1.807) is 6.07 Å². The van der Waals surface area contributed by atoms with Crippen LogP contribution in [-0.4, -0.2) is 30.3 Å². The van der Waals surface area contributed by atoms with Crippen molar-refractivity contribution >= 4 is 17.3 Å². The smallest absolute Gasteiger partial charge is 0.341 e. The number of fused-ring (bicyclic) bond motifs is 3. The van der Waals surface area contributed by atoms with E-state index in [0.29, 0.717) is 18.4 Å². The molecule has 1 aromatic carbocycles. The van der Waals surface area contributed by atoms with Crippen LogP contribution in [0.15, 0.2) is 12.1 Å². The molecule has 0 aromatic heterocycles. The second-order valence-electron chi connectivity index (χ2n) is 4.48. The highest BCUT2D eigenvalue weighted by atomic mass is 16.5. The van der Waals surface area contributed by atoms with E-state index in [-0.39, 0.29) is 11.3 Å². The summed E-state index contributed by atoms with van der Waals surface area (Å²) in [6.07, 6.45) is 2.23. The van der Waals surface area contributed by atoms with Gasteiger partial charge < -0.3 is 20.5 Å². The molecule has 90 valence electrons. The lowest BCUT2D eigenvalue weighted by Gasteiger charge is -2.34. The quantitative estimate of drug-likeness (QED) is 0.717. The molecular formula is C12H14N2O3. The normalized spacial score (nSPS) is 21.6. The number of nitrogen functional groups attached to an aromatic ring is 1. The summed E-state index contributed by atoms with van der Waals surface area (Å²) in [4.78, 5) is 13.4. The SMILES string of the molecule is Nc1ccc2c(c1C(=O)O)OC[C@@H]1CCCN21. The Morgan fingerprint density at radius 3 is 3.12 bits per heavy atom. The number of rotatable bonds is 1. The first kappa shape index (κ1) is 10.3. The van der Waals surface area contributed by atoms with E-state index in [2.05, 4.69) is 4.90 Å². The lowest BCUT2D eigenvalue weighted by molar-refractivity contribution is 0.0692. The summed E-state index contributed by atoms with van der Waals surface area (Å²) in [6.45, 7) is 1.51. The monoisotopic (exact) mass is 234 g/mol. The van der Waals surface area contributed by atoms with Gasteiger partial charge in [0, 0.05) is 6.54 Å². The molecule has 3 N–H and O–H groups in total. The summed E-state index contributed by atoms with van der Waals surface area (Å²) in [5.74, 6) is -0.604. The molecule has 0 aliphatic carbocycles. The Labute approximate surface area is 98.8 Å². The van der Waals surface area contributed by atoms with Gasteiger partial charge in [0.2, 0.25) is 0 Å². The molecule has 1 saturated heterocycles. The third-order valence-corrected chi connectivity index (χ3v) is 3.49. The number of benzene rings is 1. The molecule has 1 atom stereocenters. The fourth-order valence-electron chi connectivity index (χ4n) is 2.69. The van der Waals surface area contributed by atoms with Gasteiger partial charge in [-0.25, -0.2) is 4.79 Å². The summed E-state index contributed by atoms with van der Waals surface area (Å²) in [5, 5.41) is 9.18. The van der Waals surface area contributed by atoms with Crippen LogP contribution >= 0.6 is 0 Å². The third-order valence-electron chi connectivity index (χ3n) is 3.49. The van der Waals surface area contributed by atoms with E-state index in [4.69, 9.17) is 10.5 Å². The minimum Gasteiger partial charge on any atom is -0.488 e. The molecule has 2 aliphatic rings. The zero-order valence-corrected chi connectivity index (χ0v) is 9.35. The third kappa shape index (κ3) is 1.42. The van der Waals surface area contributed by atoms with Gasteiger partial charge in [0.25, 0.3) is 0 Å². The Hall–Kier alpha value is -1.91. The standard InChI is InChI=1S/C12H14N2O3/c13-8-3-4-9-11(10(8)12(15)16)17-6-7-2-1-5-14(7)9/h3-4,7H,1-2,5-6,13H2,(H,15,16)/t7-/m0/s1. The lowest BCUT2D eigenvalue weighted by Crippen LogP contribution is -2.38. The number of carboxylic acid groups (broad SMARTS) is 1. The predicted molar refractivity (Wildman–Crippen MR) is 63.7 cm³/mol. The van der Waals surface area contributed by atoms with Gasteiger partial charge in [0.1, 0.15) is 12.2 Å². The Morgan fingerprint density at radius 2 is 2.35 bits per heavy atom. The van der Waals surface area contributed by atoms with E-state index in [0.717, 1.165) is 25.1 Å². The van der Waals surface area contributed by atoms with E-state index in [1.165, 1.54) is 0 Å². The van der Waals surface area contributed by atoms with Gasteiger partial charge in [-0.15, -0.1) is 0 Å². The van der Waals surface area contributed by atoms with Gasteiger partial charge in [-0.1, -0.05) is 0 Å². The molecule has 0 amide bonds. The average Bonchev–Trinajstić information content (AvgIpc) is 2.75. The molecule has 0 spiro atoms. The van der Waals surface area contributed by atoms with Gasteiger partial charge in [0.15, 0.2) is 5.75 Å². The molecule has 1 aromatic rings. The number of aromatic carboxylic acids is 1. The van der Waals surface area contributed by atoms with E-state index >= 15 is 0 Å². The fourth-order valence-corrected chi connectivity index (χ4v) is 2.69. The van der Waals surface area contributed by atoms with Crippen LogP contribution in [-0.2, 0) is 0 Å². The molecule has 5 heteroatoms. The van der Waals surface area contributed by atoms with Crippen molar-refractivity contribution in [3.05, 3.63) is 17.7 Å². The molecule has 0 bridgehead atoms. The molecular weight excluding hydrogens is 220 g/mol. The number of hydrogen-bond donors (Lipinski definition) is 2. The second kappa shape index (κ2) is 3.55. The van der Waals surface area contributed by atoms with Crippen LogP contribution in [0.1, 0.15) is 23.2 Å². The molecule has 17 heavy (non-hydrogen) atoms. The number of anilines is 2. The maximum absolute atomic E-state index is 11.2. The number of nitrogens with two attached hydrogens (primary N) is 1. The minimum atomic E-state index is -1.03. The first-order valence-electron chi connectivity index (χ1n) is 5.73. The fraction of sp³-hybridized carbons (Fsp3) is 0.417. The van der Waals surface area contributed by atoms with Gasteiger partial charge in [-0.05, 0) is 25.0 Å². The van der Waals surface area contributed by atoms with Crippen molar-refractivity contribution in [3.63, 3.8) is 0 Å². The molecule has 0 radical (unpaired) electrons. The maximum Gasteiger partial charge on any atom is 0.341 e. The van der Waals surface area contributed by atoms with Crippen LogP contribution in [0.5, 0.6) is 5.75 Å². The highest BCUT2D eigenvalue weighted by molar-refractivity contribution is 5.99. The minimum absolute atomic E-state index is 0.0906. The van der Waals surface area contributed by atoms with E-state index < -0.39 is 5.97 Å². The average molecular weight is 234 g/mol. The van der Waals surface area contributed by atoms with Crippen LogP contribution in [0.25, 0.3) is 0 Å². The van der Waals surface area contributed by atoms with Crippen LogP contribution in [0, 0.1) is 0 Å². The Morgan fingerprint density at radius 1 is 1.53 bits per heavy atom. The van der Waals surface area contributed by atoms with Gasteiger partial charge in [0.05, 0.1) is 17.4 Å². The van der Waals surface area contributed by atoms with Crippen molar-refractivity contribution in [1.29, 1.82) is 0 Å². The Balaban J connectivity index is 2.15. The largest absolute Gasteiger partial charge is 0.488 e. The van der Waals surface area contributed by atoms with Crippen molar-refractivity contribution in [1.82, 2.24) is 0 Å². The highest BCUT2D eigenvalue weighted by Crippen LogP contribution is 2.42. The number of nitrogens with zero attached hydrogens (tertiary/aromatic N) is 1. The van der Waals surface area contributed by atoms with Crippen LogP contribution < -0.4 is 15.4 Å². The first-order valence-corrected chi connectivity index (χ1v) is 5.73. The number of carboxylic acids is 1. The number of hydrogen-bond acceptors (Lipinski definition) is 4. The van der Waals surface area contributed by atoms with Crippen molar-refractivity contribution < 1.29 is 14.6 Å². The molecule has 0 unspecified atom stereocenters. The predicted octanol–water partition coefficient (Wildman–Crippen LogP) is 1.33. The summed E-state index contributed by atoms with van der Waals surface area (Å²) >= 11 is 0. The topological polar surface area (TPSA) is 75.8 Å². The van der Waals surface area contributed by atoms with E-state index in [9.17, 15) is 9.90 Å². The lowest BCUT2D eigenvalue weighted by atomic mass is 10.1. The summed E-state index contributed by atoms with van der Waals surface area (Å²) in [6, 6.07) is 3.88. The summed E-state index contributed by atoms with van der Waals surface area (Å²) < 4.78 is 5.61.